The molecule has 0 saturated heterocycles. The molecule has 1 atom stereocenters. The van der Waals surface area contributed by atoms with Crippen molar-refractivity contribution in [3.63, 3.8) is 0 Å². The second-order valence-electron chi connectivity index (χ2n) is 7.84. The Kier molecular flexibility index (Phi) is 5.03. The molecule has 6 heteroatoms. The van der Waals surface area contributed by atoms with Crippen LogP contribution in [0.15, 0.2) is 36.5 Å². The molecule has 1 unspecified atom stereocenters. The SMILES string of the molecule is CNc1cc(C(Cc2c[nH]c3ccccc23)NC(=O)C(C)C)nc(C2CC2)n1. The van der Waals surface area contributed by atoms with E-state index in [4.69, 9.17) is 4.98 Å². The Bertz CT molecular complexity index is 990. The molecule has 3 aromatic rings. The van der Waals surface area contributed by atoms with Gasteiger partial charge in [0.05, 0.1) is 11.7 Å². The van der Waals surface area contributed by atoms with Crippen LogP contribution in [0.3, 0.4) is 0 Å². The number of H-pyrrole nitrogens is 1. The molecule has 4 rings (SSSR count). The molecule has 0 spiro atoms. The zero-order valence-electron chi connectivity index (χ0n) is 16.6. The van der Waals surface area contributed by atoms with Gasteiger partial charge in [0.25, 0.3) is 0 Å². The lowest BCUT2D eigenvalue weighted by molar-refractivity contribution is -0.124. The summed E-state index contributed by atoms with van der Waals surface area (Å²) in [5.41, 5.74) is 3.13. The van der Waals surface area contributed by atoms with Crippen LogP contribution in [0.1, 0.15) is 55.7 Å². The molecule has 2 aromatic heterocycles. The average molecular weight is 377 g/mol. The van der Waals surface area contributed by atoms with E-state index in [1.165, 1.54) is 10.9 Å². The number of benzene rings is 1. The fourth-order valence-corrected chi connectivity index (χ4v) is 3.40. The maximum Gasteiger partial charge on any atom is 0.223 e. The number of nitrogens with one attached hydrogen (secondary N) is 3. The normalized spacial score (nSPS) is 15.0. The molecule has 1 saturated carbocycles. The van der Waals surface area contributed by atoms with Crippen molar-refractivity contribution in [2.75, 3.05) is 12.4 Å². The van der Waals surface area contributed by atoms with Gasteiger partial charge >= 0.3 is 0 Å². The highest BCUT2D eigenvalue weighted by Crippen LogP contribution is 2.39. The molecule has 146 valence electrons. The lowest BCUT2D eigenvalue weighted by Crippen LogP contribution is -2.33. The van der Waals surface area contributed by atoms with Crippen LogP contribution in [0.5, 0.6) is 0 Å². The van der Waals surface area contributed by atoms with Gasteiger partial charge in [-0.25, -0.2) is 9.97 Å². The number of para-hydroxylation sites is 1. The number of amides is 1. The number of hydrogen-bond acceptors (Lipinski definition) is 4. The van der Waals surface area contributed by atoms with Crippen molar-refractivity contribution in [3.05, 3.63) is 53.6 Å². The topological polar surface area (TPSA) is 82.7 Å². The fraction of sp³-hybridized carbons (Fsp3) is 0.409. The maximum atomic E-state index is 12.5. The van der Waals surface area contributed by atoms with Crippen LogP contribution >= 0.6 is 0 Å². The molecule has 1 aliphatic carbocycles. The van der Waals surface area contributed by atoms with Crippen molar-refractivity contribution in [2.24, 2.45) is 5.92 Å². The van der Waals surface area contributed by atoms with E-state index in [0.717, 1.165) is 35.7 Å². The Hall–Kier alpha value is -2.89. The summed E-state index contributed by atoms with van der Waals surface area (Å²) in [5, 5.41) is 7.52. The summed E-state index contributed by atoms with van der Waals surface area (Å²) in [6.45, 7) is 3.82. The van der Waals surface area contributed by atoms with Gasteiger partial charge < -0.3 is 15.6 Å². The van der Waals surface area contributed by atoms with Crippen LogP contribution < -0.4 is 10.6 Å². The van der Waals surface area contributed by atoms with Gasteiger partial charge in [-0.2, -0.15) is 0 Å². The van der Waals surface area contributed by atoms with Crippen LogP contribution in [-0.2, 0) is 11.2 Å². The lowest BCUT2D eigenvalue weighted by Gasteiger charge is -2.21. The quantitative estimate of drug-likeness (QED) is 0.582. The van der Waals surface area contributed by atoms with E-state index in [2.05, 4.69) is 32.7 Å². The highest BCUT2D eigenvalue weighted by atomic mass is 16.1. The number of carbonyl (C=O) groups excluding carboxylic acids is 1. The number of carbonyl (C=O) groups is 1. The number of fused-ring (bicyclic) bond motifs is 1. The number of rotatable bonds is 7. The zero-order chi connectivity index (χ0) is 19.7. The molecule has 0 aliphatic heterocycles. The van der Waals surface area contributed by atoms with Crippen molar-refractivity contribution in [1.82, 2.24) is 20.3 Å². The monoisotopic (exact) mass is 377 g/mol. The summed E-state index contributed by atoms with van der Waals surface area (Å²) in [4.78, 5) is 25.3. The predicted molar refractivity (Wildman–Crippen MR) is 111 cm³/mol. The molecule has 2 heterocycles. The van der Waals surface area contributed by atoms with Gasteiger partial charge in [0.2, 0.25) is 5.91 Å². The number of aromatic amines is 1. The summed E-state index contributed by atoms with van der Waals surface area (Å²) in [7, 11) is 1.87. The van der Waals surface area contributed by atoms with Crippen molar-refractivity contribution in [3.8, 4) is 0 Å². The average Bonchev–Trinajstić information content (AvgIpc) is 3.48. The predicted octanol–water partition coefficient (Wildman–Crippen LogP) is 3.93. The molecular weight excluding hydrogens is 350 g/mol. The second-order valence-corrected chi connectivity index (χ2v) is 7.84. The Morgan fingerprint density at radius 1 is 1.25 bits per heavy atom. The zero-order valence-corrected chi connectivity index (χ0v) is 16.6. The van der Waals surface area contributed by atoms with E-state index in [-0.39, 0.29) is 17.9 Å². The standard InChI is InChI=1S/C22H27N5O/c1-13(2)22(28)26-18(10-15-12-24-17-7-5-4-6-16(15)17)19-11-20(23-3)27-21(25-19)14-8-9-14/h4-7,11-14,18,24H,8-10H2,1-3H3,(H,26,28)(H,23,25,27). The highest BCUT2D eigenvalue weighted by Gasteiger charge is 2.29. The first-order valence-electron chi connectivity index (χ1n) is 9.97. The van der Waals surface area contributed by atoms with Crippen molar-refractivity contribution in [2.45, 2.75) is 45.1 Å². The first-order valence-corrected chi connectivity index (χ1v) is 9.97. The molecule has 3 N–H and O–H groups in total. The number of aromatic nitrogens is 3. The van der Waals surface area contributed by atoms with E-state index in [1.807, 2.05) is 45.3 Å². The smallest absolute Gasteiger partial charge is 0.223 e. The number of anilines is 1. The van der Waals surface area contributed by atoms with E-state index in [0.29, 0.717) is 12.3 Å². The van der Waals surface area contributed by atoms with Crippen LogP contribution in [-0.4, -0.2) is 27.9 Å². The van der Waals surface area contributed by atoms with Gasteiger partial charge in [-0.15, -0.1) is 0 Å². The molecule has 0 radical (unpaired) electrons. The first kappa shape index (κ1) is 18.5. The molecule has 28 heavy (non-hydrogen) atoms. The third-order valence-electron chi connectivity index (χ3n) is 5.26. The summed E-state index contributed by atoms with van der Waals surface area (Å²) >= 11 is 0. The first-order chi connectivity index (χ1) is 13.5. The maximum absolute atomic E-state index is 12.5. The summed E-state index contributed by atoms with van der Waals surface area (Å²) in [6, 6.07) is 9.97. The Labute approximate surface area is 165 Å². The van der Waals surface area contributed by atoms with E-state index in [1.54, 1.807) is 0 Å². The Morgan fingerprint density at radius 2 is 2.04 bits per heavy atom. The van der Waals surface area contributed by atoms with Crippen molar-refractivity contribution >= 4 is 22.6 Å². The van der Waals surface area contributed by atoms with Gasteiger partial charge in [0.15, 0.2) is 0 Å². The van der Waals surface area contributed by atoms with Gasteiger partial charge in [-0.05, 0) is 24.5 Å². The van der Waals surface area contributed by atoms with Crippen molar-refractivity contribution < 1.29 is 4.79 Å². The van der Waals surface area contributed by atoms with Crippen LogP contribution in [0.2, 0.25) is 0 Å². The third kappa shape index (κ3) is 3.86. The number of nitrogens with zero attached hydrogens (tertiary/aromatic N) is 2. The minimum atomic E-state index is -0.207. The largest absolute Gasteiger partial charge is 0.373 e. The molecular formula is C22H27N5O. The van der Waals surface area contributed by atoms with Crippen LogP contribution in [0, 0.1) is 5.92 Å². The minimum Gasteiger partial charge on any atom is -0.373 e. The molecule has 6 nitrogen and oxygen atoms in total. The van der Waals surface area contributed by atoms with E-state index < -0.39 is 0 Å². The van der Waals surface area contributed by atoms with Gasteiger partial charge in [0.1, 0.15) is 11.6 Å². The molecule has 1 amide bonds. The van der Waals surface area contributed by atoms with Crippen LogP contribution in [0.4, 0.5) is 5.82 Å². The van der Waals surface area contributed by atoms with E-state index >= 15 is 0 Å². The number of hydrogen-bond donors (Lipinski definition) is 3. The van der Waals surface area contributed by atoms with Gasteiger partial charge in [0, 0.05) is 48.5 Å². The lowest BCUT2D eigenvalue weighted by atomic mass is 10.0. The minimum absolute atomic E-state index is 0.0300. The molecule has 0 bridgehead atoms. The fourth-order valence-electron chi connectivity index (χ4n) is 3.40. The Morgan fingerprint density at radius 3 is 2.75 bits per heavy atom. The second kappa shape index (κ2) is 7.62. The molecule has 1 aliphatic rings. The van der Waals surface area contributed by atoms with Gasteiger partial charge in [-0.3, -0.25) is 4.79 Å². The highest BCUT2D eigenvalue weighted by molar-refractivity contribution is 5.83. The third-order valence-corrected chi connectivity index (χ3v) is 5.26. The summed E-state index contributed by atoms with van der Waals surface area (Å²) in [6.07, 6.45) is 4.98. The van der Waals surface area contributed by atoms with E-state index in [9.17, 15) is 4.79 Å². The Balaban J connectivity index is 1.71. The van der Waals surface area contributed by atoms with Crippen LogP contribution in [0.25, 0.3) is 10.9 Å². The van der Waals surface area contributed by atoms with Crippen molar-refractivity contribution in [1.29, 1.82) is 0 Å². The van der Waals surface area contributed by atoms with Gasteiger partial charge in [-0.1, -0.05) is 32.0 Å². The molecule has 1 fully saturated rings. The summed E-state index contributed by atoms with van der Waals surface area (Å²) in [5.74, 6) is 2.07. The molecule has 1 aromatic carbocycles. The summed E-state index contributed by atoms with van der Waals surface area (Å²) < 4.78 is 0.